The minimum Gasteiger partial charge on any atom is -0.480 e. The lowest BCUT2D eigenvalue weighted by molar-refractivity contribution is -0.149. The maximum absolute atomic E-state index is 12.5. The Morgan fingerprint density at radius 1 is 1.07 bits per heavy atom. The second-order valence-electron chi connectivity index (χ2n) is 7.94. The average molecular weight is 406 g/mol. The van der Waals surface area contributed by atoms with Crippen LogP contribution in [0, 0.1) is 5.92 Å². The molecular weight excluding hydrogens is 376 g/mol. The number of aryl methyl sites for hydroxylation is 1. The van der Waals surface area contributed by atoms with E-state index < -0.39 is 35.3 Å². The summed E-state index contributed by atoms with van der Waals surface area (Å²) in [5, 5.41) is 11.3. The Balaban J connectivity index is 2.72. The lowest BCUT2D eigenvalue weighted by Crippen LogP contribution is -2.44. The van der Waals surface area contributed by atoms with Crippen LogP contribution in [0.2, 0.25) is 0 Å². The van der Waals surface area contributed by atoms with Gasteiger partial charge >= 0.3 is 5.97 Å². The molecule has 0 heterocycles. The van der Waals surface area contributed by atoms with Crippen LogP contribution >= 0.6 is 0 Å². The molecule has 1 aromatic rings. The highest BCUT2D eigenvalue weighted by atomic mass is 16.7. The fraction of sp³-hybridized carbons (Fsp3) is 0.524. The van der Waals surface area contributed by atoms with Crippen LogP contribution in [0.1, 0.15) is 52.5 Å². The van der Waals surface area contributed by atoms with Gasteiger partial charge in [0, 0.05) is 19.3 Å². The van der Waals surface area contributed by atoms with Crippen LogP contribution in [0.15, 0.2) is 30.3 Å². The first-order chi connectivity index (χ1) is 13.5. The summed E-state index contributed by atoms with van der Waals surface area (Å²) in [6.07, 6.45) is 0.306. The summed E-state index contributed by atoms with van der Waals surface area (Å²) < 4.78 is 0. The highest BCUT2D eigenvalue weighted by Gasteiger charge is 2.27. The number of aliphatic carboxylic acids is 1. The first kappa shape index (κ1) is 24.3. The standard InChI is InChI=1S/C21H30N2O6/c1-14(20(27)28)22-19(26)16(13-18(25)23-29-21(2,3)4)12-17(24)11-10-15-8-6-5-7-9-15/h5-9,14,16H,10-13H2,1-4H3,(H,22,26)(H,23,25)(H,27,28)/t14-,16-/m0/s1. The molecule has 8 nitrogen and oxygen atoms in total. The first-order valence-electron chi connectivity index (χ1n) is 9.53. The molecule has 1 aromatic carbocycles. The van der Waals surface area contributed by atoms with Gasteiger partial charge in [0.05, 0.1) is 11.5 Å². The van der Waals surface area contributed by atoms with E-state index in [2.05, 4.69) is 10.8 Å². The molecule has 0 radical (unpaired) electrons. The summed E-state index contributed by atoms with van der Waals surface area (Å²) in [5.41, 5.74) is 2.65. The van der Waals surface area contributed by atoms with Gasteiger partial charge in [0.2, 0.25) is 11.8 Å². The molecule has 0 fully saturated rings. The Morgan fingerprint density at radius 3 is 2.24 bits per heavy atom. The third kappa shape index (κ3) is 10.4. The van der Waals surface area contributed by atoms with Gasteiger partial charge < -0.3 is 10.4 Å². The number of hydroxylamine groups is 1. The highest BCUT2D eigenvalue weighted by Crippen LogP contribution is 2.14. The molecule has 1 rings (SSSR count). The number of carboxylic acid groups (broad SMARTS) is 1. The van der Waals surface area contributed by atoms with Gasteiger partial charge in [0.1, 0.15) is 11.8 Å². The van der Waals surface area contributed by atoms with E-state index in [0.29, 0.717) is 6.42 Å². The van der Waals surface area contributed by atoms with Crippen LogP contribution in [0.5, 0.6) is 0 Å². The number of benzene rings is 1. The van der Waals surface area contributed by atoms with Crippen molar-refractivity contribution in [2.75, 3.05) is 0 Å². The maximum atomic E-state index is 12.5. The maximum Gasteiger partial charge on any atom is 0.325 e. The number of rotatable bonds is 11. The van der Waals surface area contributed by atoms with E-state index >= 15 is 0 Å². The van der Waals surface area contributed by atoms with Crippen molar-refractivity contribution < 1.29 is 29.1 Å². The number of amides is 2. The van der Waals surface area contributed by atoms with Gasteiger partial charge in [-0.3, -0.25) is 24.0 Å². The highest BCUT2D eigenvalue weighted by molar-refractivity contribution is 5.92. The summed E-state index contributed by atoms with van der Waals surface area (Å²) in [4.78, 5) is 53.2. The molecule has 2 amide bonds. The van der Waals surface area contributed by atoms with Crippen LogP contribution in [0.3, 0.4) is 0 Å². The van der Waals surface area contributed by atoms with E-state index in [1.54, 1.807) is 20.8 Å². The van der Waals surface area contributed by atoms with Crippen molar-refractivity contribution in [1.29, 1.82) is 0 Å². The largest absolute Gasteiger partial charge is 0.480 e. The van der Waals surface area contributed by atoms with Crippen molar-refractivity contribution in [3.8, 4) is 0 Å². The fourth-order valence-corrected chi connectivity index (χ4v) is 2.43. The van der Waals surface area contributed by atoms with E-state index in [0.717, 1.165) is 5.56 Å². The summed E-state index contributed by atoms with van der Waals surface area (Å²) in [5.74, 6) is -3.57. The zero-order valence-corrected chi connectivity index (χ0v) is 17.4. The van der Waals surface area contributed by atoms with Gasteiger partial charge in [0.25, 0.3) is 0 Å². The molecule has 0 aromatic heterocycles. The van der Waals surface area contributed by atoms with Crippen molar-refractivity contribution in [3.63, 3.8) is 0 Å². The van der Waals surface area contributed by atoms with Crippen LogP contribution in [0.25, 0.3) is 0 Å². The first-order valence-corrected chi connectivity index (χ1v) is 9.53. The van der Waals surface area contributed by atoms with Crippen LogP contribution in [0.4, 0.5) is 0 Å². The van der Waals surface area contributed by atoms with Crippen LogP contribution in [-0.4, -0.2) is 40.3 Å². The van der Waals surface area contributed by atoms with Gasteiger partial charge in [-0.15, -0.1) is 0 Å². The zero-order chi connectivity index (χ0) is 22.0. The fourth-order valence-electron chi connectivity index (χ4n) is 2.43. The number of ketones is 1. The molecule has 29 heavy (non-hydrogen) atoms. The van der Waals surface area contributed by atoms with Gasteiger partial charge in [-0.2, -0.15) is 0 Å². The summed E-state index contributed by atoms with van der Waals surface area (Å²) in [6.45, 7) is 6.56. The minimum atomic E-state index is -1.20. The molecule has 160 valence electrons. The predicted molar refractivity (Wildman–Crippen MR) is 107 cm³/mol. The number of hydrogen-bond acceptors (Lipinski definition) is 5. The van der Waals surface area contributed by atoms with Crippen molar-refractivity contribution in [2.45, 2.75) is 65.0 Å². The third-order valence-corrected chi connectivity index (χ3v) is 4.01. The van der Waals surface area contributed by atoms with Crippen molar-refractivity contribution >= 4 is 23.6 Å². The monoisotopic (exact) mass is 406 g/mol. The average Bonchev–Trinajstić information content (AvgIpc) is 2.64. The molecule has 3 N–H and O–H groups in total. The van der Waals surface area contributed by atoms with E-state index in [-0.39, 0.29) is 25.0 Å². The van der Waals surface area contributed by atoms with Crippen molar-refractivity contribution in [3.05, 3.63) is 35.9 Å². The molecule has 8 heteroatoms. The molecule has 0 saturated carbocycles. The molecule has 0 aliphatic rings. The number of Topliss-reactive ketones (excluding diaryl/α,β-unsaturated/α-hetero) is 1. The van der Waals surface area contributed by atoms with E-state index in [1.165, 1.54) is 6.92 Å². The van der Waals surface area contributed by atoms with Crippen molar-refractivity contribution in [1.82, 2.24) is 10.8 Å². The van der Waals surface area contributed by atoms with Crippen LogP contribution < -0.4 is 10.8 Å². The Hall–Kier alpha value is -2.74. The van der Waals surface area contributed by atoms with E-state index in [9.17, 15) is 19.2 Å². The van der Waals surface area contributed by atoms with Crippen molar-refractivity contribution in [2.24, 2.45) is 5.92 Å². The number of hydrogen-bond donors (Lipinski definition) is 3. The zero-order valence-electron chi connectivity index (χ0n) is 17.4. The molecule has 0 aliphatic heterocycles. The van der Waals surface area contributed by atoms with E-state index in [4.69, 9.17) is 9.94 Å². The Morgan fingerprint density at radius 2 is 1.69 bits per heavy atom. The van der Waals surface area contributed by atoms with Gasteiger partial charge in [0.15, 0.2) is 0 Å². The van der Waals surface area contributed by atoms with Gasteiger partial charge in [-0.1, -0.05) is 30.3 Å². The van der Waals surface area contributed by atoms with Gasteiger partial charge in [-0.25, -0.2) is 5.48 Å². The molecule has 0 unspecified atom stereocenters. The molecule has 2 atom stereocenters. The Kier molecular flexibility index (Phi) is 9.47. The lowest BCUT2D eigenvalue weighted by Gasteiger charge is -2.21. The minimum absolute atomic E-state index is 0.159. The number of carbonyl (C=O) groups excluding carboxylic acids is 3. The SMILES string of the molecule is C[C@H](NC(=O)[C@@H](CC(=O)CCc1ccccc1)CC(=O)NOC(C)(C)C)C(=O)O. The smallest absolute Gasteiger partial charge is 0.325 e. The summed E-state index contributed by atoms with van der Waals surface area (Å²) in [6, 6.07) is 8.32. The topological polar surface area (TPSA) is 122 Å². The van der Waals surface area contributed by atoms with Gasteiger partial charge in [-0.05, 0) is 39.7 Å². The quantitative estimate of drug-likeness (QED) is 0.483. The number of nitrogens with one attached hydrogen (secondary N) is 2. The Labute approximate surface area is 171 Å². The predicted octanol–water partition coefficient (Wildman–Crippen LogP) is 2.02. The second kappa shape index (κ2) is 11.3. The summed E-state index contributed by atoms with van der Waals surface area (Å²) >= 11 is 0. The number of carboxylic acids is 1. The molecule has 0 saturated heterocycles. The molecular formula is C21H30N2O6. The molecule has 0 bridgehead atoms. The summed E-state index contributed by atoms with van der Waals surface area (Å²) in [7, 11) is 0. The molecule has 0 spiro atoms. The lowest BCUT2D eigenvalue weighted by atomic mass is 9.94. The molecule has 0 aliphatic carbocycles. The van der Waals surface area contributed by atoms with Crippen LogP contribution in [-0.2, 0) is 30.4 Å². The second-order valence-corrected chi connectivity index (χ2v) is 7.94. The van der Waals surface area contributed by atoms with E-state index in [1.807, 2.05) is 30.3 Å². The third-order valence-electron chi connectivity index (χ3n) is 4.01. The normalized spacial score (nSPS) is 13.2. The Bertz CT molecular complexity index is 712. The number of carbonyl (C=O) groups is 4.